The number of methoxy groups -OCH3 is 1. The van der Waals surface area contributed by atoms with Gasteiger partial charge in [0.1, 0.15) is 0 Å². The second kappa shape index (κ2) is 6.58. The fraction of sp³-hybridized carbons (Fsp3) is 1.00. The second-order valence-electron chi connectivity index (χ2n) is 2.73. The summed E-state index contributed by atoms with van der Waals surface area (Å²) >= 11 is 0. The highest BCUT2D eigenvalue weighted by Gasteiger charge is 2.09. The van der Waals surface area contributed by atoms with E-state index in [4.69, 9.17) is 9.47 Å². The molecule has 0 spiro atoms. The largest absolute Gasteiger partial charge is 0.383 e. The summed E-state index contributed by atoms with van der Waals surface area (Å²) in [7, 11) is 5.77. The summed E-state index contributed by atoms with van der Waals surface area (Å²) in [6, 6.07) is 0.375. The predicted molar refractivity (Wildman–Crippen MR) is 45.8 cm³/mol. The molecule has 0 amide bonds. The van der Waals surface area contributed by atoms with E-state index in [0.717, 1.165) is 19.8 Å². The van der Waals surface area contributed by atoms with Gasteiger partial charge in [0.25, 0.3) is 0 Å². The third-order valence-corrected chi connectivity index (χ3v) is 1.60. The monoisotopic (exact) mass is 161 g/mol. The highest BCUT2D eigenvalue weighted by atomic mass is 16.5. The van der Waals surface area contributed by atoms with Crippen LogP contribution < -0.4 is 0 Å². The van der Waals surface area contributed by atoms with E-state index in [2.05, 4.69) is 4.90 Å². The van der Waals surface area contributed by atoms with Crippen LogP contribution >= 0.6 is 0 Å². The number of hydrogen-bond acceptors (Lipinski definition) is 3. The molecule has 0 aliphatic carbocycles. The summed E-state index contributed by atoms with van der Waals surface area (Å²) in [5, 5.41) is 0. The van der Waals surface area contributed by atoms with Crippen molar-refractivity contribution in [2.45, 2.75) is 13.0 Å². The minimum absolute atomic E-state index is 0.375. The SMILES string of the molecule is CCOCC(COC)N(C)C. The Morgan fingerprint density at radius 2 is 1.91 bits per heavy atom. The molecular weight excluding hydrogens is 142 g/mol. The van der Waals surface area contributed by atoms with Gasteiger partial charge in [-0.15, -0.1) is 0 Å². The first-order valence-electron chi connectivity index (χ1n) is 3.95. The van der Waals surface area contributed by atoms with E-state index in [1.165, 1.54) is 0 Å². The van der Waals surface area contributed by atoms with Crippen molar-refractivity contribution in [1.82, 2.24) is 4.90 Å². The maximum Gasteiger partial charge on any atom is 0.0643 e. The molecule has 3 heteroatoms. The first kappa shape index (κ1) is 10.9. The van der Waals surface area contributed by atoms with Gasteiger partial charge in [0.2, 0.25) is 0 Å². The van der Waals surface area contributed by atoms with E-state index in [9.17, 15) is 0 Å². The van der Waals surface area contributed by atoms with Crippen LogP contribution in [0.5, 0.6) is 0 Å². The first-order chi connectivity index (χ1) is 5.22. The average Bonchev–Trinajstić information content (AvgIpc) is 1.97. The maximum absolute atomic E-state index is 5.29. The topological polar surface area (TPSA) is 21.7 Å². The second-order valence-corrected chi connectivity index (χ2v) is 2.73. The van der Waals surface area contributed by atoms with Gasteiger partial charge in [-0.2, -0.15) is 0 Å². The van der Waals surface area contributed by atoms with Crippen LogP contribution in [0.1, 0.15) is 6.92 Å². The van der Waals surface area contributed by atoms with E-state index in [0.29, 0.717) is 6.04 Å². The lowest BCUT2D eigenvalue weighted by Gasteiger charge is -2.22. The predicted octanol–water partition coefficient (Wildman–Crippen LogP) is 0.599. The van der Waals surface area contributed by atoms with Crippen LogP contribution in [0.25, 0.3) is 0 Å². The Balaban J connectivity index is 3.51. The molecule has 0 bridgehead atoms. The van der Waals surface area contributed by atoms with Crippen LogP contribution in [0, 0.1) is 0 Å². The molecule has 3 nitrogen and oxygen atoms in total. The van der Waals surface area contributed by atoms with Gasteiger partial charge in [-0.3, -0.25) is 0 Å². The molecule has 0 aromatic rings. The Kier molecular flexibility index (Phi) is 6.51. The zero-order chi connectivity index (χ0) is 8.69. The Morgan fingerprint density at radius 3 is 2.27 bits per heavy atom. The molecule has 0 saturated heterocycles. The van der Waals surface area contributed by atoms with Crippen molar-refractivity contribution in [3.8, 4) is 0 Å². The normalized spacial score (nSPS) is 13.9. The molecule has 0 aliphatic heterocycles. The minimum atomic E-state index is 0.375. The van der Waals surface area contributed by atoms with Crippen molar-refractivity contribution in [2.75, 3.05) is 41.0 Å². The third-order valence-electron chi connectivity index (χ3n) is 1.60. The standard InChI is InChI=1S/C8H19NO2/c1-5-11-7-8(6-10-4)9(2)3/h8H,5-7H2,1-4H3. The van der Waals surface area contributed by atoms with Crippen molar-refractivity contribution < 1.29 is 9.47 Å². The highest BCUT2D eigenvalue weighted by Crippen LogP contribution is 1.94. The van der Waals surface area contributed by atoms with Crippen LogP contribution in [-0.4, -0.2) is 52.0 Å². The maximum atomic E-state index is 5.29. The van der Waals surface area contributed by atoms with Crippen LogP contribution in [0.3, 0.4) is 0 Å². The van der Waals surface area contributed by atoms with Crippen molar-refractivity contribution in [2.24, 2.45) is 0 Å². The van der Waals surface area contributed by atoms with Gasteiger partial charge < -0.3 is 14.4 Å². The first-order valence-corrected chi connectivity index (χ1v) is 3.95. The smallest absolute Gasteiger partial charge is 0.0643 e. The summed E-state index contributed by atoms with van der Waals surface area (Å²) in [6.07, 6.45) is 0. The lowest BCUT2D eigenvalue weighted by molar-refractivity contribution is 0.0423. The van der Waals surface area contributed by atoms with Crippen molar-refractivity contribution >= 4 is 0 Å². The molecule has 1 unspecified atom stereocenters. The number of ether oxygens (including phenoxy) is 2. The van der Waals surface area contributed by atoms with Gasteiger partial charge in [-0.25, -0.2) is 0 Å². The molecular formula is C8H19NO2. The van der Waals surface area contributed by atoms with Crippen molar-refractivity contribution in [3.63, 3.8) is 0 Å². The molecule has 0 aromatic carbocycles. The quantitative estimate of drug-likeness (QED) is 0.569. The fourth-order valence-electron chi connectivity index (χ4n) is 0.793. The average molecular weight is 161 g/mol. The molecule has 11 heavy (non-hydrogen) atoms. The lowest BCUT2D eigenvalue weighted by atomic mass is 10.3. The molecule has 0 fully saturated rings. The molecule has 1 atom stereocenters. The Labute approximate surface area is 69.3 Å². The molecule has 0 heterocycles. The third kappa shape index (κ3) is 5.18. The van der Waals surface area contributed by atoms with Gasteiger partial charge in [0, 0.05) is 13.7 Å². The van der Waals surface area contributed by atoms with Gasteiger partial charge in [0.05, 0.1) is 19.3 Å². The molecule has 0 aliphatic rings. The van der Waals surface area contributed by atoms with Gasteiger partial charge in [-0.1, -0.05) is 0 Å². The number of nitrogens with zero attached hydrogens (tertiary/aromatic N) is 1. The van der Waals surface area contributed by atoms with Crippen LogP contribution in [0.4, 0.5) is 0 Å². The molecule has 0 radical (unpaired) electrons. The lowest BCUT2D eigenvalue weighted by Crippen LogP contribution is -2.36. The van der Waals surface area contributed by atoms with E-state index in [1.54, 1.807) is 7.11 Å². The zero-order valence-electron chi connectivity index (χ0n) is 7.96. The Bertz CT molecular complexity index is 86.2. The van der Waals surface area contributed by atoms with E-state index in [-0.39, 0.29) is 0 Å². The zero-order valence-corrected chi connectivity index (χ0v) is 7.96. The summed E-state index contributed by atoms with van der Waals surface area (Å²) in [4.78, 5) is 2.11. The van der Waals surface area contributed by atoms with Crippen LogP contribution in [0.15, 0.2) is 0 Å². The number of hydrogen-bond donors (Lipinski definition) is 0. The van der Waals surface area contributed by atoms with Gasteiger partial charge >= 0.3 is 0 Å². The Morgan fingerprint density at radius 1 is 1.27 bits per heavy atom. The van der Waals surface area contributed by atoms with Crippen LogP contribution in [0.2, 0.25) is 0 Å². The Hall–Kier alpha value is -0.120. The minimum Gasteiger partial charge on any atom is -0.383 e. The summed E-state index contributed by atoms with van der Waals surface area (Å²) < 4.78 is 10.3. The summed E-state index contributed by atoms with van der Waals surface area (Å²) in [6.45, 7) is 4.25. The number of likely N-dealkylation sites (N-methyl/N-ethyl adjacent to an activating group) is 1. The van der Waals surface area contributed by atoms with E-state index >= 15 is 0 Å². The van der Waals surface area contributed by atoms with Gasteiger partial charge in [0.15, 0.2) is 0 Å². The van der Waals surface area contributed by atoms with Crippen molar-refractivity contribution in [3.05, 3.63) is 0 Å². The molecule has 0 saturated carbocycles. The number of rotatable bonds is 6. The molecule has 0 aromatic heterocycles. The van der Waals surface area contributed by atoms with Crippen molar-refractivity contribution in [1.29, 1.82) is 0 Å². The van der Waals surface area contributed by atoms with Gasteiger partial charge in [-0.05, 0) is 21.0 Å². The van der Waals surface area contributed by atoms with E-state index in [1.807, 2.05) is 21.0 Å². The molecule has 68 valence electrons. The fourth-order valence-corrected chi connectivity index (χ4v) is 0.793. The summed E-state index contributed by atoms with van der Waals surface area (Å²) in [5.74, 6) is 0. The molecule has 0 N–H and O–H groups in total. The highest BCUT2D eigenvalue weighted by molar-refractivity contribution is 4.63. The summed E-state index contributed by atoms with van der Waals surface area (Å²) in [5.41, 5.74) is 0. The van der Waals surface area contributed by atoms with Crippen LogP contribution in [-0.2, 0) is 9.47 Å². The molecule has 0 rings (SSSR count). The van der Waals surface area contributed by atoms with E-state index < -0.39 is 0 Å².